The molecule has 2 aromatic rings. The Labute approximate surface area is 112 Å². The fraction of sp³-hybridized carbons (Fsp3) is 0.333. The second kappa shape index (κ2) is 5.69. The van der Waals surface area contributed by atoms with Crippen LogP contribution in [0.4, 0.5) is 0 Å². The van der Waals surface area contributed by atoms with Crippen molar-refractivity contribution in [2.75, 3.05) is 7.11 Å². The molecule has 0 bridgehead atoms. The minimum atomic E-state index is -0.402. The van der Waals surface area contributed by atoms with E-state index >= 15 is 0 Å². The van der Waals surface area contributed by atoms with Gasteiger partial charge in [0.05, 0.1) is 12.8 Å². The highest BCUT2D eigenvalue weighted by Crippen LogP contribution is 2.22. The Bertz CT molecular complexity index is 565. The van der Waals surface area contributed by atoms with Gasteiger partial charge < -0.3 is 4.74 Å². The van der Waals surface area contributed by atoms with Crippen molar-refractivity contribution in [2.24, 2.45) is 0 Å². The molecule has 19 heavy (non-hydrogen) atoms. The Morgan fingerprint density at radius 2 is 1.79 bits per heavy atom. The van der Waals surface area contributed by atoms with E-state index in [0.29, 0.717) is 5.69 Å². The molecule has 0 saturated heterocycles. The summed E-state index contributed by atoms with van der Waals surface area (Å²) in [4.78, 5) is 11.4. The van der Waals surface area contributed by atoms with Crippen molar-refractivity contribution in [1.82, 2.24) is 10.2 Å². The van der Waals surface area contributed by atoms with Gasteiger partial charge >= 0.3 is 5.97 Å². The average molecular weight is 258 g/mol. The SMILES string of the molecule is CCc1cc(CC)cc(-c2cc(C(=O)OC)[nH]n2)c1. The molecule has 1 aromatic heterocycles. The number of methoxy groups -OCH3 is 1. The van der Waals surface area contributed by atoms with E-state index in [9.17, 15) is 4.79 Å². The molecule has 0 amide bonds. The number of carbonyl (C=O) groups excluding carboxylic acids is 1. The molecule has 0 radical (unpaired) electrons. The standard InChI is InChI=1S/C15H18N2O2/c1-4-10-6-11(5-2)8-12(7-10)13-9-14(17-16-13)15(18)19-3/h6-9H,4-5H2,1-3H3,(H,16,17). The third kappa shape index (κ3) is 2.84. The van der Waals surface area contributed by atoms with Crippen LogP contribution in [-0.4, -0.2) is 23.3 Å². The van der Waals surface area contributed by atoms with Gasteiger partial charge in [0.1, 0.15) is 5.69 Å². The molecular formula is C15H18N2O2. The maximum absolute atomic E-state index is 11.4. The number of benzene rings is 1. The summed E-state index contributed by atoms with van der Waals surface area (Å²) in [6.45, 7) is 4.26. The zero-order valence-electron chi connectivity index (χ0n) is 11.5. The van der Waals surface area contributed by atoms with Gasteiger partial charge in [-0.1, -0.05) is 19.9 Å². The zero-order chi connectivity index (χ0) is 13.8. The molecule has 100 valence electrons. The van der Waals surface area contributed by atoms with Crippen molar-refractivity contribution in [2.45, 2.75) is 26.7 Å². The Kier molecular flexibility index (Phi) is 4.00. The van der Waals surface area contributed by atoms with E-state index in [1.807, 2.05) is 0 Å². The minimum Gasteiger partial charge on any atom is -0.464 e. The van der Waals surface area contributed by atoms with Crippen LogP contribution >= 0.6 is 0 Å². The highest BCUT2D eigenvalue weighted by Gasteiger charge is 2.11. The second-order valence-electron chi connectivity index (χ2n) is 4.40. The van der Waals surface area contributed by atoms with Crippen LogP contribution in [0.1, 0.15) is 35.5 Å². The molecule has 0 saturated carbocycles. The van der Waals surface area contributed by atoms with Gasteiger partial charge in [-0.05, 0) is 42.2 Å². The molecule has 0 fully saturated rings. The van der Waals surface area contributed by atoms with Crippen molar-refractivity contribution < 1.29 is 9.53 Å². The summed E-state index contributed by atoms with van der Waals surface area (Å²) in [5, 5.41) is 6.89. The Morgan fingerprint density at radius 3 is 2.32 bits per heavy atom. The predicted molar refractivity (Wildman–Crippen MR) is 74.1 cm³/mol. The lowest BCUT2D eigenvalue weighted by atomic mass is 10.0. The monoisotopic (exact) mass is 258 g/mol. The van der Waals surface area contributed by atoms with Crippen LogP contribution in [0.15, 0.2) is 24.3 Å². The molecule has 2 rings (SSSR count). The van der Waals surface area contributed by atoms with Gasteiger partial charge in [-0.25, -0.2) is 4.79 Å². The molecule has 0 aliphatic rings. The molecular weight excluding hydrogens is 240 g/mol. The number of nitrogens with zero attached hydrogens (tertiary/aromatic N) is 1. The molecule has 4 nitrogen and oxygen atoms in total. The fourth-order valence-electron chi connectivity index (χ4n) is 2.00. The first-order valence-corrected chi connectivity index (χ1v) is 6.44. The number of ether oxygens (including phenoxy) is 1. The van der Waals surface area contributed by atoms with Gasteiger partial charge in [-0.3, -0.25) is 5.10 Å². The number of esters is 1. The van der Waals surface area contributed by atoms with E-state index in [0.717, 1.165) is 24.1 Å². The first kappa shape index (κ1) is 13.3. The number of H-pyrrole nitrogens is 1. The molecule has 0 unspecified atom stereocenters. The zero-order valence-corrected chi connectivity index (χ0v) is 11.5. The molecule has 0 aliphatic carbocycles. The molecule has 4 heteroatoms. The summed E-state index contributed by atoms with van der Waals surface area (Å²) in [6, 6.07) is 8.14. The van der Waals surface area contributed by atoms with Crippen LogP contribution in [0.3, 0.4) is 0 Å². The summed E-state index contributed by atoms with van der Waals surface area (Å²) >= 11 is 0. The summed E-state index contributed by atoms with van der Waals surface area (Å²) in [5.74, 6) is -0.402. The Balaban J connectivity index is 2.40. The molecule has 0 atom stereocenters. The third-order valence-corrected chi connectivity index (χ3v) is 3.15. The van der Waals surface area contributed by atoms with E-state index < -0.39 is 5.97 Å². The lowest BCUT2D eigenvalue weighted by Crippen LogP contribution is -2.00. The largest absolute Gasteiger partial charge is 0.464 e. The number of aromatic amines is 1. The normalized spacial score (nSPS) is 10.5. The van der Waals surface area contributed by atoms with Gasteiger partial charge in [0.25, 0.3) is 0 Å². The van der Waals surface area contributed by atoms with E-state index in [1.54, 1.807) is 6.07 Å². The number of aryl methyl sites for hydroxylation is 2. The predicted octanol–water partition coefficient (Wildman–Crippen LogP) is 2.99. The van der Waals surface area contributed by atoms with Crippen LogP contribution in [0, 0.1) is 0 Å². The van der Waals surface area contributed by atoms with Gasteiger partial charge in [0.2, 0.25) is 0 Å². The second-order valence-corrected chi connectivity index (χ2v) is 4.40. The number of carbonyl (C=O) groups is 1. The van der Waals surface area contributed by atoms with Crippen molar-refractivity contribution in [3.05, 3.63) is 41.1 Å². The molecule has 1 aromatic carbocycles. The minimum absolute atomic E-state index is 0.373. The number of hydrogen-bond acceptors (Lipinski definition) is 3. The highest BCUT2D eigenvalue weighted by molar-refractivity contribution is 5.88. The number of nitrogens with one attached hydrogen (secondary N) is 1. The van der Waals surface area contributed by atoms with Crippen LogP contribution in [0.25, 0.3) is 11.3 Å². The Morgan fingerprint density at radius 1 is 1.16 bits per heavy atom. The fourth-order valence-corrected chi connectivity index (χ4v) is 2.00. The van der Waals surface area contributed by atoms with E-state index in [2.05, 4.69) is 47.0 Å². The lowest BCUT2D eigenvalue weighted by Gasteiger charge is -2.05. The summed E-state index contributed by atoms with van der Waals surface area (Å²) in [6.07, 6.45) is 1.96. The smallest absolute Gasteiger partial charge is 0.356 e. The molecule has 0 aliphatic heterocycles. The van der Waals surface area contributed by atoms with E-state index in [-0.39, 0.29) is 0 Å². The lowest BCUT2D eigenvalue weighted by molar-refractivity contribution is 0.0594. The van der Waals surface area contributed by atoms with Gasteiger partial charge in [0, 0.05) is 5.56 Å². The molecule has 0 spiro atoms. The van der Waals surface area contributed by atoms with Crippen LogP contribution in [-0.2, 0) is 17.6 Å². The summed E-state index contributed by atoms with van der Waals surface area (Å²) < 4.78 is 4.67. The first-order chi connectivity index (χ1) is 9.17. The summed E-state index contributed by atoms with van der Waals surface area (Å²) in [5.41, 5.74) is 4.72. The number of hydrogen-bond donors (Lipinski definition) is 1. The van der Waals surface area contributed by atoms with Gasteiger partial charge in [-0.15, -0.1) is 0 Å². The van der Waals surface area contributed by atoms with Crippen molar-refractivity contribution in [1.29, 1.82) is 0 Å². The highest BCUT2D eigenvalue weighted by atomic mass is 16.5. The van der Waals surface area contributed by atoms with Gasteiger partial charge in [0.15, 0.2) is 0 Å². The van der Waals surface area contributed by atoms with Crippen LogP contribution < -0.4 is 0 Å². The van der Waals surface area contributed by atoms with Crippen LogP contribution in [0.2, 0.25) is 0 Å². The average Bonchev–Trinajstić information content (AvgIpc) is 2.95. The topological polar surface area (TPSA) is 55.0 Å². The summed E-state index contributed by atoms with van der Waals surface area (Å²) in [7, 11) is 1.36. The van der Waals surface area contributed by atoms with Crippen molar-refractivity contribution >= 4 is 5.97 Å². The first-order valence-electron chi connectivity index (χ1n) is 6.44. The molecule has 1 heterocycles. The maximum atomic E-state index is 11.4. The van der Waals surface area contributed by atoms with Gasteiger partial charge in [-0.2, -0.15) is 5.10 Å². The number of rotatable bonds is 4. The Hall–Kier alpha value is -2.10. The van der Waals surface area contributed by atoms with E-state index in [1.165, 1.54) is 18.2 Å². The van der Waals surface area contributed by atoms with Crippen molar-refractivity contribution in [3.63, 3.8) is 0 Å². The van der Waals surface area contributed by atoms with Crippen molar-refractivity contribution in [3.8, 4) is 11.3 Å². The molecule has 1 N–H and O–H groups in total. The number of aromatic nitrogens is 2. The third-order valence-electron chi connectivity index (χ3n) is 3.15. The maximum Gasteiger partial charge on any atom is 0.356 e. The van der Waals surface area contributed by atoms with Crippen LogP contribution in [0.5, 0.6) is 0 Å². The van der Waals surface area contributed by atoms with E-state index in [4.69, 9.17) is 0 Å². The quantitative estimate of drug-likeness (QED) is 0.858.